The SMILES string of the molecule is O=C(Nc1ccc(F)c(Cl)c1)c1ccc(-c2ccccc2[N+](=O)[O-])o1. The third-order valence-corrected chi connectivity index (χ3v) is 3.66. The second kappa shape index (κ2) is 6.74. The zero-order chi connectivity index (χ0) is 18.0. The van der Waals surface area contributed by atoms with Crippen LogP contribution < -0.4 is 5.32 Å². The van der Waals surface area contributed by atoms with Crippen molar-refractivity contribution in [2.45, 2.75) is 0 Å². The van der Waals surface area contributed by atoms with Crippen LogP contribution in [0, 0.1) is 15.9 Å². The molecule has 0 aliphatic rings. The topological polar surface area (TPSA) is 85.4 Å². The fraction of sp³-hybridized carbons (Fsp3) is 0. The smallest absolute Gasteiger partial charge is 0.291 e. The van der Waals surface area contributed by atoms with Crippen LogP contribution in [0.3, 0.4) is 0 Å². The average molecular weight is 361 g/mol. The third kappa shape index (κ3) is 3.51. The van der Waals surface area contributed by atoms with Crippen LogP contribution in [0.5, 0.6) is 0 Å². The summed E-state index contributed by atoms with van der Waals surface area (Å²) in [6.07, 6.45) is 0. The van der Waals surface area contributed by atoms with Gasteiger partial charge in [-0.15, -0.1) is 0 Å². The number of hydrogen-bond acceptors (Lipinski definition) is 4. The Morgan fingerprint density at radius 3 is 2.64 bits per heavy atom. The van der Waals surface area contributed by atoms with E-state index in [1.165, 1.54) is 42.5 Å². The number of hydrogen-bond donors (Lipinski definition) is 1. The zero-order valence-corrected chi connectivity index (χ0v) is 13.3. The van der Waals surface area contributed by atoms with Crippen molar-refractivity contribution in [1.29, 1.82) is 0 Å². The molecule has 126 valence electrons. The number of carbonyl (C=O) groups excluding carboxylic acids is 1. The fourth-order valence-electron chi connectivity index (χ4n) is 2.21. The number of halogens is 2. The molecule has 0 radical (unpaired) electrons. The summed E-state index contributed by atoms with van der Waals surface area (Å²) in [5.74, 6) is -1.05. The number of para-hydroxylation sites is 1. The van der Waals surface area contributed by atoms with Crippen LogP contribution in [0.15, 0.2) is 59.0 Å². The minimum absolute atomic E-state index is 0.0476. The van der Waals surface area contributed by atoms with Crippen LogP contribution >= 0.6 is 11.6 Å². The van der Waals surface area contributed by atoms with Gasteiger partial charge in [-0.2, -0.15) is 0 Å². The molecule has 8 heteroatoms. The molecular formula is C17H10ClFN2O4. The van der Waals surface area contributed by atoms with E-state index in [2.05, 4.69) is 5.32 Å². The minimum Gasteiger partial charge on any atom is -0.451 e. The first-order chi connectivity index (χ1) is 12.0. The van der Waals surface area contributed by atoms with Crippen LogP contribution in [0.1, 0.15) is 10.6 Å². The summed E-state index contributed by atoms with van der Waals surface area (Å²) in [4.78, 5) is 22.7. The van der Waals surface area contributed by atoms with E-state index in [1.807, 2.05) is 0 Å². The van der Waals surface area contributed by atoms with Crippen LogP contribution in [0.25, 0.3) is 11.3 Å². The molecular weight excluding hydrogens is 351 g/mol. The predicted octanol–water partition coefficient (Wildman–Crippen LogP) is 4.90. The molecule has 0 aliphatic heterocycles. The number of nitro benzene ring substituents is 1. The van der Waals surface area contributed by atoms with Crippen molar-refractivity contribution < 1.29 is 18.5 Å². The summed E-state index contributed by atoms with van der Waals surface area (Å²) in [5, 5.41) is 13.5. The van der Waals surface area contributed by atoms with E-state index in [0.29, 0.717) is 5.69 Å². The maximum atomic E-state index is 13.1. The molecule has 0 spiro atoms. The molecule has 0 bridgehead atoms. The summed E-state index contributed by atoms with van der Waals surface area (Å²) in [5.41, 5.74) is 0.422. The normalized spacial score (nSPS) is 10.5. The molecule has 0 unspecified atom stereocenters. The fourth-order valence-corrected chi connectivity index (χ4v) is 2.39. The van der Waals surface area contributed by atoms with E-state index >= 15 is 0 Å². The number of rotatable bonds is 4. The van der Waals surface area contributed by atoms with E-state index in [4.69, 9.17) is 16.0 Å². The average Bonchev–Trinajstić information content (AvgIpc) is 3.08. The van der Waals surface area contributed by atoms with Crippen molar-refractivity contribution in [3.05, 3.63) is 81.3 Å². The van der Waals surface area contributed by atoms with Crippen LogP contribution in [0.2, 0.25) is 5.02 Å². The summed E-state index contributed by atoms with van der Waals surface area (Å²) in [7, 11) is 0. The van der Waals surface area contributed by atoms with Crippen LogP contribution in [-0.4, -0.2) is 10.8 Å². The maximum Gasteiger partial charge on any atom is 0.291 e. The number of furan rings is 1. The Kier molecular flexibility index (Phi) is 4.49. The maximum absolute atomic E-state index is 13.1. The van der Waals surface area contributed by atoms with Crippen molar-refractivity contribution in [1.82, 2.24) is 0 Å². The lowest BCUT2D eigenvalue weighted by Crippen LogP contribution is -2.10. The Morgan fingerprint density at radius 2 is 1.92 bits per heavy atom. The van der Waals surface area contributed by atoms with Crippen molar-refractivity contribution in [3.8, 4) is 11.3 Å². The third-order valence-electron chi connectivity index (χ3n) is 3.37. The van der Waals surface area contributed by atoms with Gasteiger partial charge in [0.25, 0.3) is 11.6 Å². The zero-order valence-electron chi connectivity index (χ0n) is 12.5. The van der Waals surface area contributed by atoms with Crippen LogP contribution in [0.4, 0.5) is 15.8 Å². The standard InChI is InChI=1S/C17H10ClFN2O4/c18-12-9-10(5-6-13(12)19)20-17(22)16-8-7-15(25-16)11-3-1-2-4-14(11)21(23)24/h1-9H,(H,20,22). The molecule has 3 aromatic rings. The van der Waals surface area contributed by atoms with Crippen molar-refractivity contribution in [3.63, 3.8) is 0 Å². The number of nitrogens with zero attached hydrogens (tertiary/aromatic N) is 1. The molecule has 1 amide bonds. The lowest BCUT2D eigenvalue weighted by atomic mass is 10.1. The second-order valence-electron chi connectivity index (χ2n) is 5.02. The highest BCUT2D eigenvalue weighted by atomic mass is 35.5. The van der Waals surface area contributed by atoms with Gasteiger partial charge in [-0.1, -0.05) is 23.7 Å². The van der Waals surface area contributed by atoms with Gasteiger partial charge in [-0.3, -0.25) is 14.9 Å². The van der Waals surface area contributed by atoms with Gasteiger partial charge >= 0.3 is 0 Å². The van der Waals surface area contributed by atoms with Crippen molar-refractivity contribution >= 4 is 28.9 Å². The molecule has 0 saturated heterocycles. The lowest BCUT2D eigenvalue weighted by Gasteiger charge is -2.04. The van der Waals surface area contributed by atoms with Crippen molar-refractivity contribution in [2.24, 2.45) is 0 Å². The highest BCUT2D eigenvalue weighted by molar-refractivity contribution is 6.31. The first kappa shape index (κ1) is 16.7. The van der Waals surface area contributed by atoms with E-state index < -0.39 is 16.6 Å². The number of anilines is 1. The molecule has 0 atom stereocenters. The Labute approximate surface area is 146 Å². The highest BCUT2D eigenvalue weighted by Gasteiger charge is 2.19. The van der Waals surface area contributed by atoms with E-state index in [0.717, 1.165) is 6.07 Å². The summed E-state index contributed by atoms with van der Waals surface area (Å²) >= 11 is 5.66. The monoisotopic (exact) mass is 360 g/mol. The van der Waals surface area contributed by atoms with E-state index in [9.17, 15) is 19.3 Å². The van der Waals surface area contributed by atoms with Gasteiger partial charge in [0.2, 0.25) is 0 Å². The molecule has 3 rings (SSSR count). The van der Waals surface area contributed by atoms with Gasteiger partial charge in [0.15, 0.2) is 5.76 Å². The van der Waals surface area contributed by atoms with Gasteiger partial charge in [0.1, 0.15) is 11.6 Å². The molecule has 2 aromatic carbocycles. The Balaban J connectivity index is 1.85. The molecule has 0 aliphatic carbocycles. The minimum atomic E-state index is -0.601. The first-order valence-corrected chi connectivity index (χ1v) is 7.43. The van der Waals surface area contributed by atoms with Gasteiger partial charge in [0.05, 0.1) is 15.5 Å². The number of carbonyl (C=O) groups is 1. The van der Waals surface area contributed by atoms with Gasteiger partial charge in [-0.25, -0.2) is 4.39 Å². The van der Waals surface area contributed by atoms with Gasteiger partial charge < -0.3 is 9.73 Å². The summed E-state index contributed by atoms with van der Waals surface area (Å²) < 4.78 is 18.6. The molecule has 6 nitrogen and oxygen atoms in total. The quantitative estimate of drug-likeness (QED) is 0.529. The highest BCUT2D eigenvalue weighted by Crippen LogP contribution is 2.31. The van der Waals surface area contributed by atoms with Gasteiger partial charge in [-0.05, 0) is 36.4 Å². The second-order valence-corrected chi connectivity index (χ2v) is 5.43. The summed E-state index contributed by atoms with van der Waals surface area (Å²) in [6, 6.07) is 12.6. The molecule has 1 heterocycles. The molecule has 1 N–H and O–H groups in total. The first-order valence-electron chi connectivity index (χ1n) is 7.06. The number of amides is 1. The van der Waals surface area contributed by atoms with Crippen molar-refractivity contribution in [2.75, 3.05) is 5.32 Å². The molecule has 0 fully saturated rings. The number of nitro groups is 1. The predicted molar refractivity (Wildman–Crippen MR) is 90.2 cm³/mol. The van der Waals surface area contributed by atoms with Gasteiger partial charge in [0, 0.05) is 11.8 Å². The Bertz CT molecular complexity index is 971. The molecule has 25 heavy (non-hydrogen) atoms. The molecule has 0 saturated carbocycles. The summed E-state index contributed by atoms with van der Waals surface area (Å²) in [6.45, 7) is 0. The molecule has 1 aromatic heterocycles. The van der Waals surface area contributed by atoms with E-state index in [1.54, 1.807) is 6.07 Å². The Hall–Kier alpha value is -3.19. The largest absolute Gasteiger partial charge is 0.451 e. The Morgan fingerprint density at radius 1 is 1.16 bits per heavy atom. The number of benzene rings is 2. The lowest BCUT2D eigenvalue weighted by molar-refractivity contribution is -0.384. The van der Waals surface area contributed by atoms with Crippen LogP contribution in [-0.2, 0) is 0 Å². The van der Waals surface area contributed by atoms with E-state index in [-0.39, 0.29) is 27.8 Å². The number of nitrogens with one attached hydrogen (secondary N) is 1.